The minimum absolute atomic E-state index is 1.02. The van der Waals surface area contributed by atoms with Gasteiger partial charge in [-0.2, -0.15) is 4.21 Å². The minimum atomic E-state index is -4.65. The van der Waals surface area contributed by atoms with Gasteiger partial charge in [0.05, 0.1) is 21.3 Å². The summed E-state index contributed by atoms with van der Waals surface area (Å²) in [6, 6.07) is 0. The number of hydrogen-bond acceptors (Lipinski definition) is 4. The van der Waals surface area contributed by atoms with Gasteiger partial charge >= 0.3 is 10.2 Å². The molecule has 0 aliphatic carbocycles. The Bertz CT molecular complexity index is 131. The molecular weight excluding hydrogens is 148 g/mol. The van der Waals surface area contributed by atoms with Crippen molar-refractivity contribution in [2.75, 3.05) is 21.3 Å². The lowest BCUT2D eigenvalue weighted by atomic mass is 11.8. The third kappa shape index (κ3) is 1.99. The van der Waals surface area contributed by atoms with Gasteiger partial charge in [0.25, 0.3) is 0 Å². The second kappa shape index (κ2) is 2.31. The minimum Gasteiger partial charge on any atom is -0.267 e. The van der Waals surface area contributed by atoms with E-state index < -0.39 is 10.2 Å². The predicted octanol–water partition coefficient (Wildman–Crippen LogP) is -0.0363. The van der Waals surface area contributed by atoms with Crippen molar-refractivity contribution in [1.29, 1.82) is 0 Å². The van der Waals surface area contributed by atoms with Crippen molar-refractivity contribution in [1.82, 2.24) is 0 Å². The Kier molecular flexibility index (Phi) is 2.31. The molecule has 0 unspecified atom stereocenters. The Labute approximate surface area is 53.8 Å². The van der Waals surface area contributed by atoms with Gasteiger partial charge < -0.3 is 0 Å². The van der Waals surface area contributed by atoms with Crippen LogP contribution in [-0.2, 0) is 22.7 Å². The summed E-state index contributed by atoms with van der Waals surface area (Å²) in [5.74, 6) is 0. The lowest BCUT2D eigenvalue weighted by Crippen LogP contribution is -2.36. The fraction of sp³-hybridized carbons (Fsp3) is 1.00. The summed E-state index contributed by atoms with van der Waals surface area (Å²) >= 11 is 0. The Balaban J connectivity index is 4.42. The van der Waals surface area contributed by atoms with Crippen molar-refractivity contribution in [3.05, 3.63) is 0 Å². The molecule has 58 valence electrons. The molecule has 0 aromatic heterocycles. The number of hydrogen-bond donors (Lipinski definition) is 1. The van der Waals surface area contributed by atoms with Crippen LogP contribution in [0.2, 0.25) is 0 Å². The van der Waals surface area contributed by atoms with E-state index in [4.69, 9.17) is 4.55 Å². The normalized spacial score (nSPS) is 16.7. The van der Waals surface area contributed by atoms with Crippen LogP contribution < -0.4 is 0 Å². The van der Waals surface area contributed by atoms with Crippen molar-refractivity contribution in [3.8, 4) is 0 Å². The quantitative estimate of drug-likeness (QED) is 0.624. The van der Waals surface area contributed by atoms with Crippen LogP contribution in [0, 0.1) is 0 Å². The first-order valence-corrected chi connectivity index (χ1v) is 3.77. The van der Waals surface area contributed by atoms with Gasteiger partial charge in [0.15, 0.2) is 0 Å². The Morgan fingerprint density at radius 1 is 1.11 bits per heavy atom. The Morgan fingerprint density at radius 2 is 1.33 bits per heavy atom. The van der Waals surface area contributed by atoms with Crippen molar-refractivity contribution in [2.45, 2.75) is 0 Å². The van der Waals surface area contributed by atoms with Crippen LogP contribution in [0.4, 0.5) is 0 Å². The molecule has 0 aromatic carbocycles. The first-order valence-electron chi connectivity index (χ1n) is 2.07. The van der Waals surface area contributed by atoms with E-state index in [9.17, 15) is 4.21 Å². The molecule has 0 aliphatic rings. The fourth-order valence-electron chi connectivity index (χ4n) is 0.204. The lowest BCUT2D eigenvalue weighted by molar-refractivity contribution is 0.118. The molecule has 6 heteroatoms. The van der Waals surface area contributed by atoms with Crippen LogP contribution in [-0.4, -0.2) is 30.1 Å². The second-order valence-corrected chi connectivity index (χ2v) is 3.62. The Hall–Kier alpha value is -0.0100. The third-order valence-electron chi connectivity index (χ3n) is 0.836. The molecule has 0 aliphatic heterocycles. The molecule has 0 bridgehead atoms. The SMILES string of the molecule is COS(=O)(O)(OC)OC. The molecule has 0 atom stereocenters. The van der Waals surface area contributed by atoms with Crippen LogP contribution in [0.5, 0.6) is 0 Å². The molecule has 0 amide bonds. The molecule has 5 nitrogen and oxygen atoms in total. The van der Waals surface area contributed by atoms with Crippen LogP contribution in [0.15, 0.2) is 0 Å². The van der Waals surface area contributed by atoms with Crippen molar-refractivity contribution in [2.24, 2.45) is 0 Å². The standard InChI is InChI=1S/C3H10O5S/c1-6-9(4,5,7-2)8-3/h1-3H3,(H,4,5). The third-order valence-corrected chi connectivity index (χ3v) is 2.51. The van der Waals surface area contributed by atoms with Gasteiger partial charge in [-0.3, -0.25) is 17.1 Å². The first kappa shape index (κ1) is 8.99. The van der Waals surface area contributed by atoms with Gasteiger partial charge in [-0.05, 0) is 0 Å². The highest BCUT2D eigenvalue weighted by Gasteiger charge is 2.31. The highest BCUT2D eigenvalue weighted by atomic mass is 32.3. The Morgan fingerprint density at radius 3 is 1.33 bits per heavy atom. The molecule has 0 fully saturated rings. The van der Waals surface area contributed by atoms with Gasteiger partial charge in [0.1, 0.15) is 0 Å². The summed E-state index contributed by atoms with van der Waals surface area (Å²) in [5, 5.41) is 0. The molecule has 0 aromatic rings. The van der Waals surface area contributed by atoms with E-state index in [2.05, 4.69) is 12.5 Å². The summed E-state index contributed by atoms with van der Waals surface area (Å²) in [5.41, 5.74) is 0. The topological polar surface area (TPSA) is 65.0 Å². The molecule has 9 heavy (non-hydrogen) atoms. The zero-order chi connectivity index (χ0) is 7.57. The van der Waals surface area contributed by atoms with Crippen molar-refractivity contribution >= 4 is 10.2 Å². The van der Waals surface area contributed by atoms with Gasteiger partial charge in [-0.15, -0.1) is 0 Å². The molecule has 1 N–H and O–H groups in total. The predicted molar refractivity (Wildman–Crippen MR) is 31.8 cm³/mol. The summed E-state index contributed by atoms with van der Waals surface area (Å²) in [6.07, 6.45) is 0. The van der Waals surface area contributed by atoms with E-state index in [-0.39, 0.29) is 0 Å². The van der Waals surface area contributed by atoms with Gasteiger partial charge in [-0.25, -0.2) is 0 Å². The molecule has 0 radical (unpaired) electrons. The highest BCUT2D eigenvalue weighted by molar-refractivity contribution is 8.02. The zero-order valence-corrected chi connectivity index (χ0v) is 6.30. The first-order chi connectivity index (χ1) is 3.96. The molecule has 0 rings (SSSR count). The monoisotopic (exact) mass is 158 g/mol. The van der Waals surface area contributed by atoms with E-state index >= 15 is 0 Å². The molecule has 0 spiro atoms. The second-order valence-electron chi connectivity index (χ2n) is 1.21. The van der Waals surface area contributed by atoms with Gasteiger partial charge in [0, 0.05) is 0 Å². The molecule has 0 saturated carbocycles. The van der Waals surface area contributed by atoms with E-state index in [1.807, 2.05) is 0 Å². The van der Waals surface area contributed by atoms with Crippen LogP contribution in [0.1, 0.15) is 0 Å². The van der Waals surface area contributed by atoms with E-state index in [1.54, 1.807) is 0 Å². The molecule has 0 heterocycles. The van der Waals surface area contributed by atoms with E-state index in [0.717, 1.165) is 21.3 Å². The van der Waals surface area contributed by atoms with Crippen LogP contribution in [0.25, 0.3) is 0 Å². The van der Waals surface area contributed by atoms with E-state index in [1.165, 1.54) is 0 Å². The summed E-state index contributed by atoms with van der Waals surface area (Å²) in [6.45, 7) is 0. The summed E-state index contributed by atoms with van der Waals surface area (Å²) < 4.78 is 31.8. The maximum atomic E-state index is 10.8. The van der Waals surface area contributed by atoms with Crippen molar-refractivity contribution < 1.29 is 21.3 Å². The lowest BCUT2D eigenvalue weighted by Gasteiger charge is -2.29. The molecule has 0 saturated heterocycles. The van der Waals surface area contributed by atoms with Gasteiger partial charge in [0.2, 0.25) is 0 Å². The van der Waals surface area contributed by atoms with Gasteiger partial charge in [-0.1, -0.05) is 0 Å². The maximum Gasteiger partial charge on any atom is 0.309 e. The average Bonchev–Trinajstić information content (AvgIpc) is 1.90. The zero-order valence-electron chi connectivity index (χ0n) is 5.49. The van der Waals surface area contributed by atoms with Crippen LogP contribution in [0.3, 0.4) is 0 Å². The highest BCUT2D eigenvalue weighted by Crippen LogP contribution is 2.21. The summed E-state index contributed by atoms with van der Waals surface area (Å²) in [4.78, 5) is 0. The fourth-order valence-corrected chi connectivity index (χ4v) is 0.612. The molecular formula is C3H10O5S. The smallest absolute Gasteiger partial charge is 0.267 e. The van der Waals surface area contributed by atoms with E-state index in [0.29, 0.717) is 0 Å². The summed E-state index contributed by atoms with van der Waals surface area (Å²) in [7, 11) is -1.60. The van der Waals surface area contributed by atoms with Crippen LogP contribution >= 0.6 is 0 Å². The van der Waals surface area contributed by atoms with Crippen molar-refractivity contribution in [3.63, 3.8) is 0 Å². The maximum absolute atomic E-state index is 10.8. The average molecular weight is 158 g/mol. The number of rotatable bonds is 3. The largest absolute Gasteiger partial charge is 0.309 e.